The molecule has 1 saturated heterocycles. The van der Waals surface area contributed by atoms with E-state index in [2.05, 4.69) is 22.6 Å². The van der Waals surface area contributed by atoms with Gasteiger partial charge in [-0.2, -0.15) is 0 Å². The normalized spacial score (nSPS) is 20.9. The molecule has 0 bridgehead atoms. The molecule has 16 heavy (non-hydrogen) atoms. The molecule has 0 aromatic heterocycles. The molecule has 1 aromatic rings. The predicted octanol–water partition coefficient (Wildman–Crippen LogP) is 0.909. The van der Waals surface area contributed by atoms with E-state index in [1.54, 1.807) is 12.1 Å². The summed E-state index contributed by atoms with van der Waals surface area (Å²) in [4.78, 5) is 2.05. The average Bonchev–Trinajstić information content (AvgIpc) is 2.28. The molecule has 1 heterocycles. The fourth-order valence-electron chi connectivity index (χ4n) is 2.00. The summed E-state index contributed by atoms with van der Waals surface area (Å²) < 4.78 is 13.8. The fourth-order valence-corrected chi connectivity index (χ4v) is 2.00. The first-order valence-corrected chi connectivity index (χ1v) is 5.45. The van der Waals surface area contributed by atoms with Crippen LogP contribution in [0.1, 0.15) is 6.92 Å². The zero-order valence-electron chi connectivity index (χ0n) is 9.33. The smallest absolute Gasteiger partial charge is 0.148 e. The zero-order valence-corrected chi connectivity index (χ0v) is 9.33. The number of anilines is 2. The third kappa shape index (κ3) is 2.25. The summed E-state index contributed by atoms with van der Waals surface area (Å²) in [5.74, 6) is 5.00. The Bertz CT molecular complexity index is 369. The Labute approximate surface area is 94.6 Å². The molecular weight excluding hydrogens is 207 g/mol. The van der Waals surface area contributed by atoms with Gasteiger partial charge in [0.15, 0.2) is 0 Å². The van der Waals surface area contributed by atoms with Crippen LogP contribution in [0.25, 0.3) is 0 Å². The van der Waals surface area contributed by atoms with Gasteiger partial charge in [-0.05, 0) is 19.1 Å². The third-order valence-electron chi connectivity index (χ3n) is 2.82. The van der Waals surface area contributed by atoms with Crippen LogP contribution in [0, 0.1) is 5.82 Å². The quantitative estimate of drug-likeness (QED) is 0.516. The summed E-state index contributed by atoms with van der Waals surface area (Å²) >= 11 is 0. The van der Waals surface area contributed by atoms with Gasteiger partial charge in [0.1, 0.15) is 5.82 Å². The van der Waals surface area contributed by atoms with Crippen LogP contribution in [0.5, 0.6) is 0 Å². The average molecular weight is 224 g/mol. The SMILES string of the molecule is CC1CN(c2ccc(NN)cc2F)CCN1. The lowest BCUT2D eigenvalue weighted by Gasteiger charge is -2.33. The minimum absolute atomic E-state index is 0.232. The Morgan fingerprint density at radius 3 is 3.00 bits per heavy atom. The van der Waals surface area contributed by atoms with Crippen LogP contribution in [0.3, 0.4) is 0 Å². The van der Waals surface area contributed by atoms with Crippen molar-refractivity contribution in [3.8, 4) is 0 Å². The van der Waals surface area contributed by atoms with Gasteiger partial charge in [-0.15, -0.1) is 0 Å². The lowest BCUT2D eigenvalue weighted by Crippen LogP contribution is -2.49. The monoisotopic (exact) mass is 224 g/mol. The van der Waals surface area contributed by atoms with Gasteiger partial charge < -0.3 is 15.6 Å². The molecule has 1 aromatic carbocycles. The molecule has 1 atom stereocenters. The lowest BCUT2D eigenvalue weighted by atomic mass is 10.2. The van der Waals surface area contributed by atoms with Crippen LogP contribution in [0.4, 0.5) is 15.8 Å². The topological polar surface area (TPSA) is 53.3 Å². The van der Waals surface area contributed by atoms with Gasteiger partial charge in [-0.3, -0.25) is 5.84 Å². The summed E-state index contributed by atoms with van der Waals surface area (Å²) in [5.41, 5.74) is 3.67. The van der Waals surface area contributed by atoms with Crippen molar-refractivity contribution in [1.29, 1.82) is 0 Å². The van der Waals surface area contributed by atoms with Crippen LogP contribution in [0.15, 0.2) is 18.2 Å². The summed E-state index contributed by atoms with van der Waals surface area (Å²) in [6.07, 6.45) is 0. The summed E-state index contributed by atoms with van der Waals surface area (Å²) in [6.45, 7) is 4.64. The standard InChI is InChI=1S/C11H17FN4/c1-8-7-16(5-4-14-8)11-3-2-9(15-13)6-10(11)12/h2-3,6,8,14-15H,4-5,7,13H2,1H3. The van der Waals surface area contributed by atoms with E-state index in [4.69, 9.17) is 5.84 Å². The molecule has 4 nitrogen and oxygen atoms in total. The highest BCUT2D eigenvalue weighted by Gasteiger charge is 2.18. The molecule has 0 amide bonds. The number of nitrogen functional groups attached to an aromatic ring is 1. The number of benzene rings is 1. The van der Waals surface area contributed by atoms with E-state index in [-0.39, 0.29) is 5.82 Å². The first-order valence-electron chi connectivity index (χ1n) is 5.45. The van der Waals surface area contributed by atoms with E-state index in [9.17, 15) is 4.39 Å². The maximum absolute atomic E-state index is 13.8. The molecule has 88 valence electrons. The van der Waals surface area contributed by atoms with E-state index in [0.717, 1.165) is 19.6 Å². The minimum atomic E-state index is -0.232. The largest absolute Gasteiger partial charge is 0.366 e. The van der Waals surface area contributed by atoms with Crippen molar-refractivity contribution in [2.45, 2.75) is 13.0 Å². The second-order valence-electron chi connectivity index (χ2n) is 4.11. The number of nitrogens with zero attached hydrogens (tertiary/aromatic N) is 1. The highest BCUT2D eigenvalue weighted by molar-refractivity contribution is 5.56. The predicted molar refractivity (Wildman–Crippen MR) is 63.9 cm³/mol. The second-order valence-corrected chi connectivity index (χ2v) is 4.11. The fraction of sp³-hybridized carbons (Fsp3) is 0.455. The van der Waals surface area contributed by atoms with Gasteiger partial charge in [0.2, 0.25) is 0 Å². The molecular formula is C11H17FN4. The van der Waals surface area contributed by atoms with Gasteiger partial charge in [0.25, 0.3) is 0 Å². The van der Waals surface area contributed by atoms with Gasteiger partial charge in [0, 0.05) is 31.7 Å². The number of hydrazine groups is 1. The van der Waals surface area contributed by atoms with Crippen molar-refractivity contribution in [3.63, 3.8) is 0 Å². The number of nitrogens with one attached hydrogen (secondary N) is 2. The van der Waals surface area contributed by atoms with E-state index < -0.39 is 0 Å². The van der Waals surface area contributed by atoms with E-state index in [0.29, 0.717) is 17.4 Å². The molecule has 1 aliphatic heterocycles. The van der Waals surface area contributed by atoms with Crippen LogP contribution in [-0.2, 0) is 0 Å². The molecule has 0 aliphatic carbocycles. The Balaban J connectivity index is 2.19. The van der Waals surface area contributed by atoms with Crippen LogP contribution in [0.2, 0.25) is 0 Å². The lowest BCUT2D eigenvalue weighted by molar-refractivity contribution is 0.478. The van der Waals surface area contributed by atoms with Gasteiger partial charge in [-0.25, -0.2) is 4.39 Å². The molecule has 4 N–H and O–H groups in total. The van der Waals surface area contributed by atoms with E-state index >= 15 is 0 Å². The maximum Gasteiger partial charge on any atom is 0.148 e. The van der Waals surface area contributed by atoms with Gasteiger partial charge in [0.05, 0.1) is 11.4 Å². The van der Waals surface area contributed by atoms with Crippen LogP contribution >= 0.6 is 0 Å². The number of hydrogen-bond acceptors (Lipinski definition) is 4. The summed E-state index contributed by atoms with van der Waals surface area (Å²) in [6, 6.07) is 5.36. The zero-order chi connectivity index (χ0) is 11.5. The Hall–Kier alpha value is -1.33. The number of hydrogen-bond donors (Lipinski definition) is 3. The minimum Gasteiger partial charge on any atom is -0.366 e. The second kappa shape index (κ2) is 4.67. The van der Waals surface area contributed by atoms with E-state index in [1.165, 1.54) is 6.07 Å². The molecule has 1 unspecified atom stereocenters. The molecule has 1 aliphatic rings. The van der Waals surface area contributed by atoms with Crippen molar-refractivity contribution >= 4 is 11.4 Å². The molecule has 0 spiro atoms. The Morgan fingerprint density at radius 2 is 2.38 bits per heavy atom. The van der Waals surface area contributed by atoms with E-state index in [1.807, 2.05) is 0 Å². The Morgan fingerprint density at radius 1 is 1.56 bits per heavy atom. The number of halogens is 1. The highest BCUT2D eigenvalue weighted by atomic mass is 19.1. The molecule has 0 radical (unpaired) electrons. The number of rotatable bonds is 2. The third-order valence-corrected chi connectivity index (χ3v) is 2.82. The first kappa shape index (κ1) is 11.2. The molecule has 5 heteroatoms. The molecule has 0 saturated carbocycles. The van der Waals surface area contributed by atoms with Crippen molar-refractivity contribution in [2.75, 3.05) is 30.0 Å². The van der Waals surface area contributed by atoms with Crippen LogP contribution in [-0.4, -0.2) is 25.7 Å². The van der Waals surface area contributed by atoms with Crippen molar-refractivity contribution in [2.24, 2.45) is 5.84 Å². The van der Waals surface area contributed by atoms with Crippen LogP contribution < -0.4 is 21.5 Å². The number of nitrogens with two attached hydrogens (primary N) is 1. The van der Waals surface area contributed by atoms with Gasteiger partial charge >= 0.3 is 0 Å². The Kier molecular flexibility index (Phi) is 3.26. The van der Waals surface area contributed by atoms with Crippen molar-refractivity contribution < 1.29 is 4.39 Å². The molecule has 1 fully saturated rings. The number of piperazine rings is 1. The summed E-state index contributed by atoms with van der Waals surface area (Å²) in [7, 11) is 0. The van der Waals surface area contributed by atoms with Crippen molar-refractivity contribution in [3.05, 3.63) is 24.0 Å². The molecule has 2 rings (SSSR count). The summed E-state index contributed by atoms with van der Waals surface area (Å²) in [5, 5.41) is 3.33. The highest BCUT2D eigenvalue weighted by Crippen LogP contribution is 2.23. The van der Waals surface area contributed by atoms with Gasteiger partial charge in [-0.1, -0.05) is 0 Å². The van der Waals surface area contributed by atoms with Crippen molar-refractivity contribution in [1.82, 2.24) is 5.32 Å². The first-order chi connectivity index (χ1) is 7.70. The maximum atomic E-state index is 13.8.